The predicted octanol–water partition coefficient (Wildman–Crippen LogP) is 3.46. The number of rotatable bonds is 5. The summed E-state index contributed by atoms with van der Waals surface area (Å²) in [5.41, 5.74) is 5.42. The summed E-state index contributed by atoms with van der Waals surface area (Å²) in [6, 6.07) is 9.84. The fourth-order valence-electron chi connectivity index (χ4n) is 1.71. The predicted molar refractivity (Wildman–Crippen MR) is 85.1 cm³/mol. The molecule has 0 saturated heterocycles. The lowest BCUT2D eigenvalue weighted by atomic mass is 10.1. The molecule has 0 fully saturated rings. The number of anilines is 1. The molecule has 0 aliphatic heterocycles. The number of nitrogens with one attached hydrogen (secondary N) is 1. The molecular formula is C15H17N3O2S. The Morgan fingerprint density at radius 3 is 2.76 bits per heavy atom. The van der Waals surface area contributed by atoms with Gasteiger partial charge in [-0.25, -0.2) is 9.78 Å². The molecule has 1 N–H and O–H groups in total. The van der Waals surface area contributed by atoms with E-state index >= 15 is 0 Å². The van der Waals surface area contributed by atoms with Crippen LogP contribution < -0.4 is 5.43 Å². The summed E-state index contributed by atoms with van der Waals surface area (Å²) < 4.78 is 4.98. The van der Waals surface area contributed by atoms with Crippen molar-refractivity contribution in [3.05, 3.63) is 46.5 Å². The topological polar surface area (TPSA) is 63.6 Å². The largest absolute Gasteiger partial charge is 0.462 e. The number of esters is 1. The number of aryl methyl sites for hydroxylation is 1. The van der Waals surface area contributed by atoms with Crippen LogP contribution in [0.3, 0.4) is 0 Å². The molecule has 110 valence electrons. The van der Waals surface area contributed by atoms with Crippen LogP contribution in [0.25, 0.3) is 0 Å². The fourth-order valence-corrected chi connectivity index (χ4v) is 2.51. The van der Waals surface area contributed by atoms with E-state index in [1.165, 1.54) is 11.3 Å². The molecule has 2 rings (SSSR count). The number of hydrazone groups is 1. The van der Waals surface area contributed by atoms with E-state index < -0.39 is 0 Å². The number of nitrogens with zero attached hydrogens (tertiary/aromatic N) is 2. The summed E-state index contributed by atoms with van der Waals surface area (Å²) >= 11 is 1.24. The molecule has 0 spiro atoms. The van der Waals surface area contributed by atoms with Crippen molar-refractivity contribution in [1.29, 1.82) is 0 Å². The third-order valence-corrected chi connectivity index (χ3v) is 3.81. The monoisotopic (exact) mass is 303 g/mol. The Bertz CT molecular complexity index is 650. The molecule has 0 amide bonds. The quantitative estimate of drug-likeness (QED) is 0.522. The lowest BCUT2D eigenvalue weighted by Gasteiger charge is -2.00. The second-order valence-corrected chi connectivity index (χ2v) is 5.33. The van der Waals surface area contributed by atoms with Gasteiger partial charge < -0.3 is 4.74 Å². The number of thiazole rings is 1. The number of hydrogen-bond donors (Lipinski definition) is 1. The standard InChI is InChI=1S/C15H17N3O2S/c1-4-20-14(19)13-11(3)16-15(21-13)18-17-10(2)12-8-6-5-7-9-12/h5-9H,4H2,1-3H3,(H,16,18)/b17-10+. The maximum absolute atomic E-state index is 11.7. The third kappa shape index (κ3) is 3.88. The summed E-state index contributed by atoms with van der Waals surface area (Å²) in [6.07, 6.45) is 0. The molecule has 0 bridgehead atoms. The number of ether oxygens (including phenoxy) is 1. The number of aromatic nitrogens is 1. The smallest absolute Gasteiger partial charge is 0.350 e. The summed E-state index contributed by atoms with van der Waals surface area (Å²) in [5, 5.41) is 4.86. The molecule has 1 aromatic carbocycles. The first-order valence-corrected chi connectivity index (χ1v) is 7.43. The molecule has 0 radical (unpaired) electrons. The van der Waals surface area contributed by atoms with Crippen LogP contribution in [0.2, 0.25) is 0 Å². The van der Waals surface area contributed by atoms with Crippen LogP contribution in [0, 0.1) is 6.92 Å². The zero-order valence-corrected chi connectivity index (χ0v) is 13.0. The van der Waals surface area contributed by atoms with Gasteiger partial charge in [-0.15, -0.1) is 0 Å². The van der Waals surface area contributed by atoms with Crippen LogP contribution in [-0.2, 0) is 4.74 Å². The van der Waals surface area contributed by atoms with E-state index in [1.54, 1.807) is 13.8 Å². The fraction of sp³-hybridized carbons (Fsp3) is 0.267. The molecule has 0 saturated carbocycles. The molecule has 2 aromatic rings. The number of benzene rings is 1. The maximum atomic E-state index is 11.7. The minimum atomic E-state index is -0.343. The maximum Gasteiger partial charge on any atom is 0.350 e. The zero-order valence-electron chi connectivity index (χ0n) is 12.2. The Labute approximate surface area is 127 Å². The van der Waals surface area contributed by atoms with Crippen LogP contribution in [-0.4, -0.2) is 23.3 Å². The third-order valence-electron chi connectivity index (χ3n) is 2.77. The van der Waals surface area contributed by atoms with Crippen LogP contribution in [0.15, 0.2) is 35.4 Å². The highest BCUT2D eigenvalue weighted by molar-refractivity contribution is 7.17. The second-order valence-electron chi connectivity index (χ2n) is 4.33. The van der Waals surface area contributed by atoms with Gasteiger partial charge in [0.2, 0.25) is 5.13 Å². The van der Waals surface area contributed by atoms with Gasteiger partial charge in [0.15, 0.2) is 0 Å². The molecule has 0 aliphatic carbocycles. The van der Waals surface area contributed by atoms with Gasteiger partial charge in [0.05, 0.1) is 18.0 Å². The van der Waals surface area contributed by atoms with E-state index in [2.05, 4.69) is 15.5 Å². The van der Waals surface area contributed by atoms with Crippen molar-refractivity contribution in [3.8, 4) is 0 Å². The molecule has 1 aromatic heterocycles. The van der Waals surface area contributed by atoms with E-state index in [0.717, 1.165) is 11.3 Å². The average Bonchev–Trinajstić information content (AvgIpc) is 2.87. The van der Waals surface area contributed by atoms with Gasteiger partial charge in [-0.2, -0.15) is 5.10 Å². The van der Waals surface area contributed by atoms with E-state index in [9.17, 15) is 4.79 Å². The van der Waals surface area contributed by atoms with Crippen molar-refractivity contribution in [1.82, 2.24) is 4.98 Å². The highest BCUT2D eigenvalue weighted by Gasteiger charge is 2.16. The van der Waals surface area contributed by atoms with Gasteiger partial charge in [0.25, 0.3) is 0 Å². The Morgan fingerprint density at radius 1 is 1.38 bits per heavy atom. The SMILES string of the molecule is CCOC(=O)c1sc(N/N=C(\C)c2ccccc2)nc1C. The van der Waals surface area contributed by atoms with Crippen LogP contribution >= 0.6 is 11.3 Å². The molecule has 6 heteroatoms. The van der Waals surface area contributed by atoms with Crippen molar-refractivity contribution >= 4 is 28.1 Å². The Morgan fingerprint density at radius 2 is 2.10 bits per heavy atom. The second kappa shape index (κ2) is 6.99. The minimum absolute atomic E-state index is 0.343. The number of carbonyl (C=O) groups is 1. The first-order valence-electron chi connectivity index (χ1n) is 6.62. The van der Waals surface area contributed by atoms with Crippen LogP contribution in [0.1, 0.15) is 34.8 Å². The van der Waals surface area contributed by atoms with Crippen LogP contribution in [0.4, 0.5) is 5.13 Å². The van der Waals surface area contributed by atoms with Gasteiger partial charge in [0.1, 0.15) is 4.88 Å². The van der Waals surface area contributed by atoms with Crippen molar-refractivity contribution in [2.45, 2.75) is 20.8 Å². The molecule has 5 nitrogen and oxygen atoms in total. The lowest BCUT2D eigenvalue weighted by Crippen LogP contribution is -2.03. The molecule has 21 heavy (non-hydrogen) atoms. The number of carbonyl (C=O) groups excluding carboxylic acids is 1. The molecule has 0 unspecified atom stereocenters. The number of hydrogen-bond acceptors (Lipinski definition) is 6. The molecule has 1 heterocycles. The van der Waals surface area contributed by atoms with Gasteiger partial charge >= 0.3 is 5.97 Å². The van der Waals surface area contributed by atoms with Gasteiger partial charge in [-0.1, -0.05) is 41.7 Å². The molecule has 0 atom stereocenters. The Balaban J connectivity index is 2.10. The van der Waals surface area contributed by atoms with Gasteiger partial charge in [0, 0.05) is 0 Å². The molecular weight excluding hydrogens is 286 g/mol. The van der Waals surface area contributed by atoms with Gasteiger partial charge in [-0.3, -0.25) is 5.43 Å². The van der Waals surface area contributed by atoms with E-state index in [-0.39, 0.29) is 5.97 Å². The highest BCUT2D eigenvalue weighted by Crippen LogP contribution is 2.23. The van der Waals surface area contributed by atoms with Crippen molar-refractivity contribution < 1.29 is 9.53 Å². The molecule has 0 aliphatic rings. The zero-order chi connectivity index (χ0) is 15.2. The summed E-state index contributed by atoms with van der Waals surface area (Å²) in [7, 11) is 0. The lowest BCUT2D eigenvalue weighted by molar-refractivity contribution is 0.0531. The van der Waals surface area contributed by atoms with Crippen molar-refractivity contribution in [2.24, 2.45) is 5.10 Å². The van der Waals surface area contributed by atoms with Crippen molar-refractivity contribution in [3.63, 3.8) is 0 Å². The average molecular weight is 303 g/mol. The Kier molecular flexibility index (Phi) is 5.05. The highest BCUT2D eigenvalue weighted by atomic mass is 32.1. The summed E-state index contributed by atoms with van der Waals surface area (Å²) in [6.45, 7) is 5.82. The summed E-state index contributed by atoms with van der Waals surface area (Å²) in [5.74, 6) is -0.343. The normalized spacial score (nSPS) is 11.3. The van der Waals surface area contributed by atoms with E-state index in [1.807, 2.05) is 37.3 Å². The Hall–Kier alpha value is -2.21. The first-order chi connectivity index (χ1) is 10.1. The minimum Gasteiger partial charge on any atom is -0.462 e. The van der Waals surface area contributed by atoms with E-state index in [4.69, 9.17) is 4.74 Å². The van der Waals surface area contributed by atoms with E-state index in [0.29, 0.717) is 22.3 Å². The van der Waals surface area contributed by atoms with Gasteiger partial charge in [-0.05, 0) is 26.3 Å². The van der Waals surface area contributed by atoms with Crippen molar-refractivity contribution in [2.75, 3.05) is 12.0 Å². The van der Waals surface area contributed by atoms with Crippen LogP contribution in [0.5, 0.6) is 0 Å². The summed E-state index contributed by atoms with van der Waals surface area (Å²) in [4.78, 5) is 16.5. The first kappa shape index (κ1) is 15.2.